The minimum absolute atomic E-state index is 0.127. The van der Waals surface area contributed by atoms with Crippen LogP contribution < -0.4 is 10.3 Å². The van der Waals surface area contributed by atoms with Gasteiger partial charge >= 0.3 is 6.18 Å². The molecule has 0 fully saturated rings. The molecule has 0 spiro atoms. The summed E-state index contributed by atoms with van der Waals surface area (Å²) in [5.41, 5.74) is 0.280. The van der Waals surface area contributed by atoms with Crippen LogP contribution in [0.3, 0.4) is 0 Å². The van der Waals surface area contributed by atoms with Gasteiger partial charge in [0.05, 0.1) is 23.9 Å². The minimum Gasteiger partial charge on any atom is -0.497 e. The zero-order chi connectivity index (χ0) is 21.5. The van der Waals surface area contributed by atoms with Gasteiger partial charge in [-0.3, -0.25) is 4.79 Å². The minimum atomic E-state index is -4.51. The number of aromatic amines is 1. The number of fused-ring (bicyclic) bond motifs is 1. The monoisotopic (exact) mass is 415 g/mol. The van der Waals surface area contributed by atoms with Crippen molar-refractivity contribution in [2.45, 2.75) is 19.1 Å². The van der Waals surface area contributed by atoms with Crippen molar-refractivity contribution in [3.8, 4) is 17.0 Å². The van der Waals surface area contributed by atoms with Crippen molar-refractivity contribution in [1.29, 1.82) is 0 Å². The van der Waals surface area contributed by atoms with E-state index >= 15 is 0 Å². The molecule has 1 unspecified atom stereocenters. The summed E-state index contributed by atoms with van der Waals surface area (Å²) in [5.74, 6) is 0.915. The lowest BCUT2D eigenvalue weighted by molar-refractivity contribution is -0.137. The van der Waals surface area contributed by atoms with Gasteiger partial charge in [-0.2, -0.15) is 18.3 Å². The summed E-state index contributed by atoms with van der Waals surface area (Å²) in [6, 6.07) is 10.5. The summed E-state index contributed by atoms with van der Waals surface area (Å²) in [6.45, 7) is 1.67. The molecular formula is C20H16F3N5O2. The smallest absolute Gasteiger partial charge is 0.417 e. The van der Waals surface area contributed by atoms with Crippen molar-refractivity contribution in [1.82, 2.24) is 24.7 Å². The zero-order valence-electron chi connectivity index (χ0n) is 15.9. The van der Waals surface area contributed by atoms with E-state index < -0.39 is 17.8 Å². The Hall–Kier alpha value is -3.69. The van der Waals surface area contributed by atoms with Crippen LogP contribution in [0.25, 0.3) is 22.4 Å². The van der Waals surface area contributed by atoms with Crippen molar-refractivity contribution in [3.05, 3.63) is 70.4 Å². The van der Waals surface area contributed by atoms with Crippen LogP contribution in [-0.2, 0) is 6.18 Å². The number of hydrogen-bond acceptors (Lipinski definition) is 5. The predicted molar refractivity (Wildman–Crippen MR) is 103 cm³/mol. The van der Waals surface area contributed by atoms with Gasteiger partial charge in [-0.1, -0.05) is 12.1 Å². The second-order valence-electron chi connectivity index (χ2n) is 6.62. The number of methoxy groups -OCH3 is 1. The summed E-state index contributed by atoms with van der Waals surface area (Å²) < 4.78 is 45.2. The van der Waals surface area contributed by atoms with E-state index in [1.807, 2.05) is 6.07 Å². The lowest BCUT2D eigenvalue weighted by atomic mass is 10.1. The summed E-state index contributed by atoms with van der Waals surface area (Å²) in [5, 5.41) is 4.41. The van der Waals surface area contributed by atoms with Crippen molar-refractivity contribution in [2.75, 3.05) is 7.11 Å². The zero-order valence-corrected chi connectivity index (χ0v) is 15.9. The number of pyridine rings is 1. The van der Waals surface area contributed by atoms with Crippen LogP contribution in [0.15, 0.2) is 53.5 Å². The molecule has 0 saturated carbocycles. The number of rotatable bonds is 4. The first-order valence-electron chi connectivity index (χ1n) is 8.93. The largest absolute Gasteiger partial charge is 0.497 e. The topological polar surface area (TPSA) is 85.7 Å². The summed E-state index contributed by atoms with van der Waals surface area (Å²) >= 11 is 0. The normalized spacial score (nSPS) is 12.8. The molecule has 0 amide bonds. The number of imidazole rings is 1. The summed E-state index contributed by atoms with van der Waals surface area (Å²) in [4.78, 5) is 23.2. The number of ether oxygens (including phenoxy) is 1. The van der Waals surface area contributed by atoms with Gasteiger partial charge in [-0.05, 0) is 31.2 Å². The maximum atomic E-state index is 12.9. The Bertz CT molecular complexity index is 1280. The molecule has 154 valence electrons. The molecule has 30 heavy (non-hydrogen) atoms. The molecule has 0 aliphatic rings. The number of aromatic nitrogens is 5. The highest BCUT2D eigenvalue weighted by Gasteiger charge is 2.31. The van der Waals surface area contributed by atoms with Gasteiger partial charge in [0.15, 0.2) is 5.65 Å². The van der Waals surface area contributed by atoms with Crippen LogP contribution in [0.2, 0.25) is 0 Å². The quantitative estimate of drug-likeness (QED) is 0.548. The Morgan fingerprint density at radius 2 is 1.97 bits per heavy atom. The Labute approximate surface area is 168 Å². The molecular weight excluding hydrogens is 399 g/mol. The average molecular weight is 415 g/mol. The third-order valence-corrected chi connectivity index (χ3v) is 4.64. The van der Waals surface area contributed by atoms with Gasteiger partial charge in [-0.15, -0.1) is 0 Å². The number of benzene rings is 1. The molecule has 4 rings (SSSR count). The molecule has 0 bridgehead atoms. The fourth-order valence-electron chi connectivity index (χ4n) is 3.03. The number of H-pyrrole nitrogens is 1. The standard InChI is InChI=1S/C20H16F3N5O2/c1-11(18-25-16-9-13(20(21,22)23)10-24-19(16)26-18)28-17(29)7-6-15(27-28)12-4-3-5-14(8-12)30-2/h3-11H,1-2H3,(H,24,25,26). The predicted octanol–water partition coefficient (Wildman–Crippen LogP) is 3.82. The molecule has 7 nitrogen and oxygen atoms in total. The third-order valence-electron chi connectivity index (χ3n) is 4.64. The maximum Gasteiger partial charge on any atom is 0.417 e. The molecule has 3 aromatic heterocycles. The van der Waals surface area contributed by atoms with Crippen molar-refractivity contribution in [2.24, 2.45) is 0 Å². The third kappa shape index (κ3) is 3.63. The molecule has 0 aliphatic heterocycles. The first-order valence-corrected chi connectivity index (χ1v) is 8.93. The van der Waals surface area contributed by atoms with Gasteiger partial charge in [0.1, 0.15) is 17.6 Å². The SMILES string of the molecule is COc1cccc(-c2ccc(=O)n(C(C)c3nc4ncc(C(F)(F)F)cc4[nH]3)n2)c1. The van der Waals surface area contributed by atoms with E-state index in [4.69, 9.17) is 4.74 Å². The van der Waals surface area contributed by atoms with Crippen LogP contribution in [0.5, 0.6) is 5.75 Å². The van der Waals surface area contributed by atoms with Crippen LogP contribution in [0.4, 0.5) is 13.2 Å². The van der Waals surface area contributed by atoms with Crippen molar-refractivity contribution in [3.63, 3.8) is 0 Å². The second kappa shape index (κ2) is 7.29. The second-order valence-corrected chi connectivity index (χ2v) is 6.62. The molecule has 1 atom stereocenters. The fraction of sp³-hybridized carbons (Fsp3) is 0.200. The highest BCUT2D eigenvalue weighted by molar-refractivity contribution is 5.71. The van der Waals surface area contributed by atoms with Gasteiger partial charge in [0, 0.05) is 17.8 Å². The van der Waals surface area contributed by atoms with Gasteiger partial charge in [-0.25, -0.2) is 14.6 Å². The lowest BCUT2D eigenvalue weighted by Crippen LogP contribution is -2.26. The number of alkyl halides is 3. The van der Waals surface area contributed by atoms with Crippen LogP contribution >= 0.6 is 0 Å². The summed E-state index contributed by atoms with van der Waals surface area (Å²) in [7, 11) is 1.55. The van der Waals surface area contributed by atoms with Gasteiger partial charge in [0.25, 0.3) is 5.56 Å². The van der Waals surface area contributed by atoms with E-state index in [1.54, 1.807) is 38.3 Å². The van der Waals surface area contributed by atoms with Crippen LogP contribution in [-0.4, -0.2) is 31.8 Å². The highest BCUT2D eigenvalue weighted by atomic mass is 19.4. The van der Waals surface area contributed by atoms with E-state index in [0.717, 1.165) is 17.8 Å². The summed E-state index contributed by atoms with van der Waals surface area (Å²) in [6.07, 6.45) is -3.78. The first kappa shape index (κ1) is 19.6. The van der Waals surface area contributed by atoms with Crippen LogP contribution in [0, 0.1) is 0 Å². The van der Waals surface area contributed by atoms with E-state index in [2.05, 4.69) is 20.1 Å². The van der Waals surface area contributed by atoms with Crippen LogP contribution in [0.1, 0.15) is 24.4 Å². The highest BCUT2D eigenvalue weighted by Crippen LogP contribution is 2.30. The lowest BCUT2D eigenvalue weighted by Gasteiger charge is -2.13. The first-order chi connectivity index (χ1) is 14.3. The Morgan fingerprint density at radius 1 is 1.17 bits per heavy atom. The molecule has 4 aromatic rings. The number of halogens is 3. The van der Waals surface area contributed by atoms with E-state index in [-0.39, 0.29) is 22.5 Å². The number of nitrogens with zero attached hydrogens (tertiary/aromatic N) is 4. The Morgan fingerprint density at radius 3 is 2.70 bits per heavy atom. The number of nitrogens with one attached hydrogen (secondary N) is 1. The van der Waals surface area contributed by atoms with E-state index in [9.17, 15) is 18.0 Å². The van der Waals surface area contributed by atoms with E-state index in [1.165, 1.54) is 10.7 Å². The molecule has 0 aliphatic carbocycles. The molecule has 0 radical (unpaired) electrons. The van der Waals surface area contributed by atoms with Crippen molar-refractivity contribution < 1.29 is 17.9 Å². The van der Waals surface area contributed by atoms with Crippen molar-refractivity contribution >= 4 is 11.2 Å². The number of hydrogen-bond donors (Lipinski definition) is 1. The Balaban J connectivity index is 1.74. The molecule has 0 saturated heterocycles. The molecule has 3 heterocycles. The Kier molecular flexibility index (Phi) is 4.76. The molecule has 1 aromatic carbocycles. The van der Waals surface area contributed by atoms with E-state index in [0.29, 0.717) is 11.4 Å². The molecule has 10 heteroatoms. The maximum absolute atomic E-state index is 12.9. The van der Waals surface area contributed by atoms with Gasteiger partial charge < -0.3 is 9.72 Å². The molecule has 1 N–H and O–H groups in total. The fourth-order valence-corrected chi connectivity index (χ4v) is 3.03. The van der Waals surface area contributed by atoms with Gasteiger partial charge in [0.2, 0.25) is 0 Å². The average Bonchev–Trinajstić information content (AvgIpc) is 3.16.